The Morgan fingerprint density at radius 1 is 1.11 bits per heavy atom. The van der Waals surface area contributed by atoms with Gasteiger partial charge in [0.2, 0.25) is 5.91 Å². The van der Waals surface area contributed by atoms with Crippen LogP contribution in [0.15, 0.2) is 42.5 Å². The summed E-state index contributed by atoms with van der Waals surface area (Å²) in [6, 6.07) is 11.4. The number of Topliss-reactive ketones (excluding diaryl/α,β-unsaturated/α-hetero) is 1. The summed E-state index contributed by atoms with van der Waals surface area (Å²) < 4.78 is 14.8. The van der Waals surface area contributed by atoms with Crippen LogP contribution in [-0.2, 0) is 4.79 Å². The monoisotopic (exact) mass is 377 g/mol. The Kier molecular flexibility index (Phi) is 4.34. The van der Waals surface area contributed by atoms with Crippen molar-refractivity contribution < 1.29 is 14.0 Å². The fraction of sp³-hybridized carbons (Fsp3) is 0.227. The van der Waals surface area contributed by atoms with Crippen molar-refractivity contribution in [2.75, 3.05) is 5.32 Å². The maximum Gasteiger partial charge on any atom is 0.226 e. The molecule has 0 fully saturated rings. The summed E-state index contributed by atoms with van der Waals surface area (Å²) in [5, 5.41) is 7.35. The second kappa shape index (κ2) is 6.71. The van der Waals surface area contributed by atoms with E-state index in [2.05, 4.69) is 10.4 Å². The minimum absolute atomic E-state index is 0.0781. The van der Waals surface area contributed by atoms with Crippen LogP contribution in [0.2, 0.25) is 0 Å². The molecule has 6 heteroatoms. The smallest absolute Gasteiger partial charge is 0.226 e. The van der Waals surface area contributed by atoms with Crippen molar-refractivity contribution in [3.05, 3.63) is 76.2 Å². The molecule has 2 heterocycles. The van der Waals surface area contributed by atoms with Crippen LogP contribution in [0.1, 0.15) is 45.1 Å². The van der Waals surface area contributed by atoms with Gasteiger partial charge in [-0.05, 0) is 62.2 Å². The van der Waals surface area contributed by atoms with Crippen LogP contribution >= 0.6 is 0 Å². The summed E-state index contributed by atoms with van der Waals surface area (Å²) in [5.74, 6) is -0.810. The molecule has 0 spiro atoms. The van der Waals surface area contributed by atoms with E-state index >= 15 is 0 Å². The molecule has 0 saturated heterocycles. The summed E-state index contributed by atoms with van der Waals surface area (Å²) in [4.78, 5) is 25.6. The van der Waals surface area contributed by atoms with E-state index in [9.17, 15) is 14.0 Å². The lowest BCUT2D eigenvalue weighted by molar-refractivity contribution is -0.116. The zero-order valence-corrected chi connectivity index (χ0v) is 15.9. The largest absolute Gasteiger partial charge is 0.310 e. The molecule has 3 aromatic rings. The van der Waals surface area contributed by atoms with Gasteiger partial charge in [0.1, 0.15) is 11.6 Å². The number of halogens is 1. The SMILES string of the molecule is Cc1ccc(C(=O)C2CC(=O)Nc3c2c(C)nn3-c2ccc(F)cc2)cc1C. The average Bonchev–Trinajstić information content (AvgIpc) is 3.00. The number of amides is 1. The van der Waals surface area contributed by atoms with Gasteiger partial charge in [-0.15, -0.1) is 0 Å². The predicted octanol–water partition coefficient (Wildman–Crippen LogP) is 4.25. The lowest BCUT2D eigenvalue weighted by atomic mass is 9.85. The quantitative estimate of drug-likeness (QED) is 0.694. The molecule has 0 saturated carbocycles. The Bertz CT molecular complexity index is 1100. The fourth-order valence-electron chi connectivity index (χ4n) is 3.64. The van der Waals surface area contributed by atoms with E-state index in [0.29, 0.717) is 28.3 Å². The number of fused-ring (bicyclic) bond motifs is 1. The molecule has 1 unspecified atom stereocenters. The summed E-state index contributed by atoms with van der Waals surface area (Å²) in [7, 11) is 0. The number of anilines is 1. The molecule has 1 aliphatic rings. The molecule has 1 aromatic heterocycles. The lowest BCUT2D eigenvalue weighted by Gasteiger charge is -2.23. The van der Waals surface area contributed by atoms with E-state index in [1.54, 1.807) is 22.9 Å². The summed E-state index contributed by atoms with van der Waals surface area (Å²) in [6.07, 6.45) is 0.0781. The van der Waals surface area contributed by atoms with Crippen molar-refractivity contribution in [3.63, 3.8) is 0 Å². The highest BCUT2D eigenvalue weighted by Crippen LogP contribution is 2.38. The van der Waals surface area contributed by atoms with Gasteiger partial charge in [-0.25, -0.2) is 9.07 Å². The standard InChI is InChI=1S/C22H20FN3O2/c1-12-4-5-15(10-13(12)2)21(28)18-11-19(27)24-22-20(18)14(3)25-26(22)17-8-6-16(23)7-9-17/h4-10,18H,11H2,1-3H3,(H,24,27). The lowest BCUT2D eigenvalue weighted by Crippen LogP contribution is -2.28. The number of nitrogens with one attached hydrogen (secondary N) is 1. The van der Waals surface area contributed by atoms with Gasteiger partial charge >= 0.3 is 0 Å². The highest BCUT2D eigenvalue weighted by atomic mass is 19.1. The zero-order chi connectivity index (χ0) is 20.0. The fourth-order valence-corrected chi connectivity index (χ4v) is 3.64. The summed E-state index contributed by atoms with van der Waals surface area (Å²) in [5.41, 5.74) is 4.73. The van der Waals surface area contributed by atoms with Crippen LogP contribution in [0, 0.1) is 26.6 Å². The van der Waals surface area contributed by atoms with Crippen molar-refractivity contribution >= 4 is 17.5 Å². The van der Waals surface area contributed by atoms with Gasteiger partial charge in [-0.2, -0.15) is 5.10 Å². The highest BCUT2D eigenvalue weighted by molar-refractivity contribution is 6.08. The first-order valence-corrected chi connectivity index (χ1v) is 9.12. The van der Waals surface area contributed by atoms with Crippen molar-refractivity contribution in [3.8, 4) is 5.69 Å². The molecule has 4 rings (SSSR count). The maximum atomic E-state index is 13.3. The Hall–Kier alpha value is -3.28. The predicted molar refractivity (Wildman–Crippen MR) is 104 cm³/mol. The van der Waals surface area contributed by atoms with Crippen LogP contribution in [-0.4, -0.2) is 21.5 Å². The van der Waals surface area contributed by atoms with Crippen LogP contribution < -0.4 is 5.32 Å². The number of nitrogens with zero attached hydrogens (tertiary/aromatic N) is 2. The van der Waals surface area contributed by atoms with Gasteiger partial charge in [0, 0.05) is 17.5 Å². The van der Waals surface area contributed by atoms with Crippen molar-refractivity contribution in [1.82, 2.24) is 9.78 Å². The molecule has 5 nitrogen and oxygen atoms in total. The van der Waals surface area contributed by atoms with Crippen LogP contribution in [0.4, 0.5) is 10.2 Å². The third kappa shape index (κ3) is 3.01. The first-order valence-electron chi connectivity index (χ1n) is 9.12. The number of hydrogen-bond acceptors (Lipinski definition) is 3. The molecule has 142 valence electrons. The Balaban J connectivity index is 1.81. The number of hydrogen-bond donors (Lipinski definition) is 1. The molecule has 1 atom stereocenters. The minimum Gasteiger partial charge on any atom is -0.310 e. The first kappa shape index (κ1) is 18.1. The van der Waals surface area contributed by atoms with Crippen LogP contribution in [0.25, 0.3) is 5.69 Å². The maximum absolute atomic E-state index is 13.3. The Morgan fingerprint density at radius 2 is 1.82 bits per heavy atom. The van der Waals surface area contributed by atoms with Crippen LogP contribution in [0.3, 0.4) is 0 Å². The number of aryl methyl sites for hydroxylation is 3. The van der Waals surface area contributed by atoms with Crippen LogP contribution in [0.5, 0.6) is 0 Å². The molecular formula is C22H20FN3O2. The topological polar surface area (TPSA) is 64.0 Å². The number of carbonyl (C=O) groups is 2. The summed E-state index contributed by atoms with van der Waals surface area (Å²) >= 11 is 0. The molecular weight excluding hydrogens is 357 g/mol. The number of aromatic nitrogens is 2. The second-order valence-electron chi connectivity index (χ2n) is 7.20. The Labute approximate surface area is 162 Å². The molecule has 0 bridgehead atoms. The normalized spacial score (nSPS) is 15.9. The summed E-state index contributed by atoms with van der Waals surface area (Å²) in [6.45, 7) is 5.77. The van der Waals surface area contributed by atoms with Gasteiger partial charge in [-0.1, -0.05) is 12.1 Å². The van der Waals surface area contributed by atoms with E-state index in [-0.39, 0.29) is 23.9 Å². The molecule has 28 heavy (non-hydrogen) atoms. The molecule has 1 aliphatic heterocycles. The van der Waals surface area contributed by atoms with Crippen molar-refractivity contribution in [2.45, 2.75) is 33.1 Å². The van der Waals surface area contributed by atoms with Gasteiger partial charge in [0.25, 0.3) is 0 Å². The van der Waals surface area contributed by atoms with Gasteiger partial charge in [0.15, 0.2) is 5.78 Å². The van der Waals surface area contributed by atoms with E-state index in [1.165, 1.54) is 12.1 Å². The highest BCUT2D eigenvalue weighted by Gasteiger charge is 2.36. The van der Waals surface area contributed by atoms with E-state index in [1.807, 2.05) is 32.9 Å². The second-order valence-corrected chi connectivity index (χ2v) is 7.20. The number of benzene rings is 2. The molecule has 0 aliphatic carbocycles. The van der Waals surface area contributed by atoms with E-state index in [0.717, 1.165) is 11.1 Å². The third-order valence-electron chi connectivity index (χ3n) is 5.28. The Morgan fingerprint density at radius 3 is 2.50 bits per heavy atom. The minimum atomic E-state index is -0.597. The van der Waals surface area contributed by atoms with Gasteiger partial charge in [0.05, 0.1) is 17.3 Å². The number of ketones is 1. The molecule has 1 N–H and O–H groups in total. The van der Waals surface area contributed by atoms with E-state index < -0.39 is 5.92 Å². The third-order valence-corrected chi connectivity index (χ3v) is 5.28. The van der Waals surface area contributed by atoms with Gasteiger partial charge < -0.3 is 5.32 Å². The van der Waals surface area contributed by atoms with E-state index in [4.69, 9.17) is 0 Å². The number of carbonyl (C=O) groups excluding carboxylic acids is 2. The molecule has 2 aromatic carbocycles. The average molecular weight is 377 g/mol. The van der Waals surface area contributed by atoms with Crippen molar-refractivity contribution in [1.29, 1.82) is 0 Å². The van der Waals surface area contributed by atoms with Gasteiger partial charge in [-0.3, -0.25) is 9.59 Å². The van der Waals surface area contributed by atoms with Crippen molar-refractivity contribution in [2.24, 2.45) is 0 Å². The number of rotatable bonds is 3. The first-order chi connectivity index (χ1) is 13.3. The zero-order valence-electron chi connectivity index (χ0n) is 15.9. The molecule has 0 radical (unpaired) electrons. The molecule has 1 amide bonds.